The van der Waals surface area contributed by atoms with Crippen LogP contribution in [0.3, 0.4) is 0 Å². The van der Waals surface area contributed by atoms with Gasteiger partial charge in [-0.2, -0.15) is 0 Å². The Labute approximate surface area is 157 Å². The van der Waals surface area contributed by atoms with Crippen molar-refractivity contribution in [1.82, 2.24) is 4.90 Å². The van der Waals surface area contributed by atoms with Crippen LogP contribution in [-0.2, 0) is 27.4 Å². The summed E-state index contributed by atoms with van der Waals surface area (Å²) in [7, 11) is 0. The Kier molecular flexibility index (Phi) is 5.86. The number of aryl methyl sites for hydroxylation is 1. The number of hydrogen-bond donors (Lipinski definition) is 1. The van der Waals surface area contributed by atoms with Gasteiger partial charge in [0.25, 0.3) is 0 Å². The fourth-order valence-corrected chi connectivity index (χ4v) is 3.15. The number of benzene rings is 2. The van der Waals surface area contributed by atoms with Crippen molar-refractivity contribution in [3.63, 3.8) is 0 Å². The molecule has 0 saturated carbocycles. The fourth-order valence-electron chi connectivity index (χ4n) is 3.15. The van der Waals surface area contributed by atoms with Crippen molar-refractivity contribution >= 4 is 11.9 Å². The number of β-amino-alcohol motifs (C(OH)–C–C–N with tert-alkyl or cyclic N) is 1. The summed E-state index contributed by atoms with van der Waals surface area (Å²) in [5.41, 5.74) is 2.21. The van der Waals surface area contributed by atoms with Gasteiger partial charge in [0.15, 0.2) is 0 Å². The largest absolute Gasteiger partial charge is 0.459 e. The second kappa shape index (κ2) is 8.31. The van der Waals surface area contributed by atoms with Gasteiger partial charge in [-0.05, 0) is 24.1 Å². The number of carbonyl (C=O) groups is 2. The number of aliphatic hydroxyl groups is 1. The summed E-state index contributed by atoms with van der Waals surface area (Å²) in [6, 6.07) is 12.7. The first-order valence-electron chi connectivity index (χ1n) is 8.87. The van der Waals surface area contributed by atoms with Gasteiger partial charge in [0.05, 0.1) is 12.5 Å². The van der Waals surface area contributed by atoms with E-state index in [1.807, 2.05) is 31.2 Å². The highest BCUT2D eigenvalue weighted by atomic mass is 19.1. The summed E-state index contributed by atoms with van der Waals surface area (Å²) in [6.45, 7) is 2.10. The van der Waals surface area contributed by atoms with E-state index in [-0.39, 0.29) is 31.6 Å². The van der Waals surface area contributed by atoms with Gasteiger partial charge in [-0.3, -0.25) is 4.79 Å². The molecule has 0 unspecified atom stereocenters. The van der Waals surface area contributed by atoms with Crippen molar-refractivity contribution in [3.05, 3.63) is 71.0 Å². The Morgan fingerprint density at radius 3 is 2.59 bits per heavy atom. The number of amides is 1. The summed E-state index contributed by atoms with van der Waals surface area (Å²) in [5, 5.41) is 9.93. The zero-order valence-corrected chi connectivity index (χ0v) is 15.1. The average Bonchev–Trinajstić information content (AvgIpc) is 3.05. The Morgan fingerprint density at radius 2 is 1.89 bits per heavy atom. The maximum absolute atomic E-state index is 13.8. The van der Waals surface area contributed by atoms with E-state index >= 15 is 0 Å². The van der Waals surface area contributed by atoms with Crippen LogP contribution in [0.2, 0.25) is 0 Å². The third-order valence-electron chi connectivity index (χ3n) is 4.67. The molecule has 2 aromatic rings. The highest BCUT2D eigenvalue weighted by Crippen LogP contribution is 2.22. The van der Waals surface area contributed by atoms with Crippen molar-refractivity contribution < 1.29 is 23.8 Å². The quantitative estimate of drug-likeness (QED) is 0.820. The lowest BCUT2D eigenvalue weighted by Gasteiger charge is -2.23. The summed E-state index contributed by atoms with van der Waals surface area (Å²) in [4.78, 5) is 26.3. The van der Waals surface area contributed by atoms with Crippen LogP contribution in [0.25, 0.3) is 0 Å². The van der Waals surface area contributed by atoms with E-state index in [9.17, 15) is 19.1 Å². The highest BCUT2D eigenvalue weighted by Gasteiger charge is 2.39. The number of likely N-dealkylation sites (tertiary alicyclic amines) is 1. The molecule has 0 aromatic heterocycles. The number of carbonyl (C=O) groups excluding carboxylic acids is 2. The minimum Gasteiger partial charge on any atom is -0.459 e. The first kappa shape index (κ1) is 19.0. The predicted molar refractivity (Wildman–Crippen MR) is 97.2 cm³/mol. The number of halogens is 1. The van der Waals surface area contributed by atoms with E-state index in [2.05, 4.69) is 0 Å². The van der Waals surface area contributed by atoms with Crippen LogP contribution in [0.1, 0.15) is 23.1 Å². The molecule has 1 N–H and O–H groups in total. The molecular weight excluding hydrogens is 349 g/mol. The molecule has 1 fully saturated rings. The molecule has 0 aliphatic carbocycles. The van der Waals surface area contributed by atoms with Crippen LogP contribution in [0.15, 0.2) is 48.5 Å². The van der Waals surface area contributed by atoms with E-state index in [1.165, 1.54) is 17.0 Å². The van der Waals surface area contributed by atoms with Crippen molar-refractivity contribution in [3.8, 4) is 0 Å². The monoisotopic (exact) mass is 371 g/mol. The molecule has 1 saturated heterocycles. The minimum absolute atomic E-state index is 0.0393. The third kappa shape index (κ3) is 4.71. The van der Waals surface area contributed by atoms with E-state index < -0.39 is 29.8 Å². The van der Waals surface area contributed by atoms with Crippen LogP contribution < -0.4 is 0 Å². The number of esters is 1. The lowest BCUT2D eigenvalue weighted by atomic mass is 10.1. The molecule has 1 aliphatic heterocycles. The van der Waals surface area contributed by atoms with Crippen LogP contribution in [0.4, 0.5) is 4.39 Å². The number of nitrogens with zero attached hydrogens (tertiary/aromatic N) is 1. The molecule has 6 heteroatoms. The van der Waals surface area contributed by atoms with Gasteiger partial charge in [-0.1, -0.05) is 48.0 Å². The molecule has 0 bridgehead atoms. The zero-order valence-electron chi connectivity index (χ0n) is 15.1. The lowest BCUT2D eigenvalue weighted by molar-refractivity contribution is -0.154. The Balaban J connectivity index is 1.64. The maximum Gasteiger partial charge on any atom is 0.329 e. The standard InChI is InChI=1S/C21H22FNO4/c1-14-6-8-15(9-7-14)13-27-21(26)19-11-17(24)12-23(19)20(25)10-16-4-2-3-5-18(16)22/h2-9,17,19,24H,10-13H2,1H3/t17-,19+/m0/s1. The maximum atomic E-state index is 13.8. The lowest BCUT2D eigenvalue weighted by Crippen LogP contribution is -2.42. The SMILES string of the molecule is Cc1ccc(COC(=O)[C@H]2C[C@H](O)CN2C(=O)Cc2ccccc2F)cc1. The smallest absolute Gasteiger partial charge is 0.329 e. The topological polar surface area (TPSA) is 66.8 Å². The molecule has 1 aliphatic rings. The first-order chi connectivity index (χ1) is 12.9. The second-order valence-corrected chi connectivity index (χ2v) is 6.81. The van der Waals surface area contributed by atoms with Crippen LogP contribution in [0, 0.1) is 12.7 Å². The molecule has 2 aromatic carbocycles. The van der Waals surface area contributed by atoms with Crippen molar-refractivity contribution in [2.45, 2.75) is 38.5 Å². The molecule has 27 heavy (non-hydrogen) atoms. The van der Waals surface area contributed by atoms with Crippen molar-refractivity contribution in [2.24, 2.45) is 0 Å². The second-order valence-electron chi connectivity index (χ2n) is 6.81. The van der Waals surface area contributed by atoms with Gasteiger partial charge in [0.1, 0.15) is 18.5 Å². The van der Waals surface area contributed by atoms with Gasteiger partial charge >= 0.3 is 5.97 Å². The highest BCUT2D eigenvalue weighted by molar-refractivity contribution is 5.86. The van der Waals surface area contributed by atoms with E-state index in [0.29, 0.717) is 0 Å². The van der Waals surface area contributed by atoms with Crippen LogP contribution >= 0.6 is 0 Å². The molecule has 2 atom stereocenters. The number of hydrogen-bond acceptors (Lipinski definition) is 4. The van der Waals surface area contributed by atoms with Crippen molar-refractivity contribution in [1.29, 1.82) is 0 Å². The summed E-state index contributed by atoms with van der Waals surface area (Å²) < 4.78 is 19.1. The molecule has 3 rings (SSSR count). The average molecular weight is 371 g/mol. The Morgan fingerprint density at radius 1 is 1.19 bits per heavy atom. The molecule has 142 valence electrons. The molecule has 1 heterocycles. The minimum atomic E-state index is -0.857. The molecule has 0 radical (unpaired) electrons. The van der Waals surface area contributed by atoms with Gasteiger partial charge < -0.3 is 14.7 Å². The Hall–Kier alpha value is -2.73. The molecule has 0 spiro atoms. The number of ether oxygens (including phenoxy) is 1. The van der Waals surface area contributed by atoms with Gasteiger partial charge in [0, 0.05) is 13.0 Å². The van der Waals surface area contributed by atoms with Crippen LogP contribution in [0.5, 0.6) is 0 Å². The van der Waals surface area contributed by atoms with Gasteiger partial charge in [-0.15, -0.1) is 0 Å². The normalized spacial score (nSPS) is 19.1. The van der Waals surface area contributed by atoms with Gasteiger partial charge in [-0.25, -0.2) is 9.18 Å². The third-order valence-corrected chi connectivity index (χ3v) is 4.67. The predicted octanol–water partition coefficient (Wildman–Crippen LogP) is 2.38. The van der Waals surface area contributed by atoms with Gasteiger partial charge in [0.2, 0.25) is 5.91 Å². The molecule has 1 amide bonds. The molecule has 5 nitrogen and oxygen atoms in total. The van der Waals surface area contributed by atoms with E-state index in [0.717, 1.165) is 11.1 Å². The molecular formula is C21H22FNO4. The summed E-state index contributed by atoms with van der Waals surface area (Å²) in [6.07, 6.45) is -0.844. The first-order valence-corrected chi connectivity index (χ1v) is 8.87. The van der Waals surface area contributed by atoms with Crippen molar-refractivity contribution in [2.75, 3.05) is 6.54 Å². The number of aliphatic hydroxyl groups excluding tert-OH is 1. The van der Waals surface area contributed by atoms with E-state index in [4.69, 9.17) is 4.74 Å². The van der Waals surface area contributed by atoms with E-state index in [1.54, 1.807) is 12.1 Å². The fraction of sp³-hybridized carbons (Fsp3) is 0.333. The number of rotatable bonds is 5. The zero-order chi connectivity index (χ0) is 19.4. The summed E-state index contributed by atoms with van der Waals surface area (Å²) >= 11 is 0. The van der Waals surface area contributed by atoms with Crippen LogP contribution in [-0.4, -0.2) is 40.6 Å². The Bertz CT molecular complexity index is 821. The summed E-state index contributed by atoms with van der Waals surface area (Å²) in [5.74, 6) is -1.44.